The first-order chi connectivity index (χ1) is 23.5. The Labute approximate surface area is 283 Å². The molecule has 3 aliphatic rings. The van der Waals surface area contributed by atoms with Crippen molar-refractivity contribution in [2.75, 3.05) is 44.2 Å². The third-order valence-corrected chi connectivity index (χ3v) is 10.3. The van der Waals surface area contributed by atoms with Gasteiger partial charge in [0.05, 0.1) is 34.7 Å². The maximum absolute atomic E-state index is 16.9. The van der Waals surface area contributed by atoms with Gasteiger partial charge in [0.2, 0.25) is 0 Å². The fourth-order valence-electron chi connectivity index (χ4n) is 7.66. The second-order valence-electron chi connectivity index (χ2n) is 12.8. The minimum Gasteiger partial charge on any atom is -0.507 e. The summed E-state index contributed by atoms with van der Waals surface area (Å²) in [6.07, 6.45) is 0.731. The molecule has 3 fully saturated rings. The molecule has 0 unspecified atom stereocenters. The molecule has 49 heavy (non-hydrogen) atoms. The number of rotatable bonds is 7. The topological polar surface area (TPSA) is 106 Å². The molecule has 14 heteroatoms. The molecule has 4 aromatic rings. The highest BCUT2D eigenvalue weighted by Gasteiger charge is 2.49. The van der Waals surface area contributed by atoms with Crippen LogP contribution in [0.15, 0.2) is 48.8 Å². The number of anilines is 1. The van der Waals surface area contributed by atoms with Gasteiger partial charge in [-0.2, -0.15) is 15.2 Å². The molecule has 3 saturated heterocycles. The monoisotopic (exact) mass is 694 g/mol. The molecular formula is C35H31ClF4N6O3. The van der Waals surface area contributed by atoms with Gasteiger partial charge >= 0.3 is 6.01 Å². The second kappa shape index (κ2) is 12.7. The molecule has 3 aromatic carbocycles. The van der Waals surface area contributed by atoms with Gasteiger partial charge in [-0.3, -0.25) is 9.69 Å². The van der Waals surface area contributed by atoms with Crippen molar-refractivity contribution in [3.8, 4) is 29.0 Å². The smallest absolute Gasteiger partial charge is 0.319 e. The van der Waals surface area contributed by atoms with Gasteiger partial charge in [0.1, 0.15) is 35.7 Å². The molecule has 1 amide bonds. The summed E-state index contributed by atoms with van der Waals surface area (Å²) < 4.78 is 66.0. The Morgan fingerprint density at radius 3 is 2.78 bits per heavy atom. The van der Waals surface area contributed by atoms with E-state index in [-0.39, 0.29) is 83.3 Å². The molecule has 0 saturated carbocycles. The van der Waals surface area contributed by atoms with Crippen LogP contribution in [0, 0.1) is 23.0 Å². The normalized spacial score (nSPS) is 22.4. The van der Waals surface area contributed by atoms with E-state index < -0.39 is 46.9 Å². The average molecular weight is 695 g/mol. The van der Waals surface area contributed by atoms with Gasteiger partial charge < -0.3 is 19.6 Å². The fourth-order valence-corrected chi connectivity index (χ4v) is 7.93. The Morgan fingerprint density at radius 2 is 2.00 bits per heavy atom. The van der Waals surface area contributed by atoms with Crippen LogP contribution in [0.1, 0.15) is 25.7 Å². The maximum atomic E-state index is 16.9. The van der Waals surface area contributed by atoms with Crippen LogP contribution in [0.3, 0.4) is 0 Å². The molecule has 0 aliphatic carbocycles. The highest BCUT2D eigenvalue weighted by atomic mass is 35.5. The number of benzene rings is 3. The number of aromatic nitrogens is 2. The number of amides is 1. The largest absolute Gasteiger partial charge is 0.507 e. The van der Waals surface area contributed by atoms with Crippen LogP contribution in [0.2, 0.25) is 5.02 Å². The van der Waals surface area contributed by atoms with Gasteiger partial charge in [0.15, 0.2) is 11.6 Å². The van der Waals surface area contributed by atoms with E-state index in [2.05, 4.69) is 21.4 Å². The number of carbonyl (C=O) groups excluding carboxylic acids is 1. The van der Waals surface area contributed by atoms with Gasteiger partial charge in [0.25, 0.3) is 5.91 Å². The zero-order chi connectivity index (χ0) is 34.6. The van der Waals surface area contributed by atoms with Crippen molar-refractivity contribution in [2.45, 2.75) is 43.4 Å². The Hall–Kier alpha value is -4.67. The van der Waals surface area contributed by atoms with Crippen LogP contribution in [-0.2, 0) is 4.79 Å². The number of nitriles is 1. The molecule has 0 spiro atoms. The molecular weight excluding hydrogens is 664 g/mol. The highest BCUT2D eigenvalue weighted by molar-refractivity contribution is 6.37. The van der Waals surface area contributed by atoms with Crippen LogP contribution in [0.5, 0.6) is 11.8 Å². The first-order valence-electron chi connectivity index (χ1n) is 15.9. The van der Waals surface area contributed by atoms with Crippen LogP contribution in [-0.4, -0.2) is 87.9 Å². The van der Waals surface area contributed by atoms with E-state index in [0.717, 1.165) is 13.0 Å². The third kappa shape index (κ3) is 5.66. The quantitative estimate of drug-likeness (QED) is 0.174. The Bertz CT molecular complexity index is 2060. The molecule has 3 atom stereocenters. The number of ether oxygens (including phenoxy) is 1. The van der Waals surface area contributed by atoms with Crippen molar-refractivity contribution < 1.29 is 32.2 Å². The van der Waals surface area contributed by atoms with E-state index >= 15 is 4.39 Å². The standard InChI is InChI=1S/C35H31ClF4N6O3/c1-19(37)33(48)46-13-12-44(17-22(46)8-10-41)32-24-14-26(47)28(23-5-2-4-20-6-7-25(39)29(36)27(20)23)30(40)31(24)42-34(43-32)49-18-35-9-3-11-45(35)16-21(38)15-35/h2,4-7,14,21-22,47H,1,3,8-9,11-13,15-18H2/t21-,22+,35+/m1/s1. The molecule has 254 valence electrons. The van der Waals surface area contributed by atoms with Crippen molar-refractivity contribution in [1.29, 1.82) is 5.26 Å². The molecule has 3 aliphatic heterocycles. The minimum absolute atomic E-state index is 0.00161. The van der Waals surface area contributed by atoms with E-state index in [0.29, 0.717) is 18.4 Å². The molecule has 9 nitrogen and oxygen atoms in total. The van der Waals surface area contributed by atoms with Crippen molar-refractivity contribution in [2.24, 2.45) is 0 Å². The zero-order valence-corrected chi connectivity index (χ0v) is 27.0. The number of carbonyl (C=O) groups is 1. The summed E-state index contributed by atoms with van der Waals surface area (Å²) in [5.74, 6) is -4.10. The SMILES string of the molecule is C=C(F)C(=O)N1CCN(c2nc(OC[C@@]34CCCN3C[C@H](F)C4)nc3c(F)c(-c4cccc5ccc(F)c(Cl)c45)c(O)cc23)C[C@@H]1CC#N. The lowest BCUT2D eigenvalue weighted by atomic mass is 9.95. The van der Waals surface area contributed by atoms with Gasteiger partial charge in [-0.15, -0.1) is 0 Å². The summed E-state index contributed by atoms with van der Waals surface area (Å²) in [7, 11) is 0. The summed E-state index contributed by atoms with van der Waals surface area (Å²) in [6, 6.07) is 9.88. The summed E-state index contributed by atoms with van der Waals surface area (Å²) >= 11 is 6.36. The minimum atomic E-state index is -1.16. The van der Waals surface area contributed by atoms with E-state index in [1.165, 1.54) is 29.2 Å². The van der Waals surface area contributed by atoms with Crippen molar-refractivity contribution in [3.05, 3.63) is 65.5 Å². The number of alkyl halides is 1. The number of halogens is 5. The lowest BCUT2D eigenvalue weighted by Crippen LogP contribution is -2.55. The Kier molecular flexibility index (Phi) is 8.49. The van der Waals surface area contributed by atoms with Crippen LogP contribution in [0.4, 0.5) is 23.4 Å². The number of phenols is 1. The number of nitrogens with zero attached hydrogens (tertiary/aromatic N) is 6. The van der Waals surface area contributed by atoms with Crippen molar-refractivity contribution in [1.82, 2.24) is 19.8 Å². The summed E-state index contributed by atoms with van der Waals surface area (Å²) in [5.41, 5.74) is -0.911. The Morgan fingerprint density at radius 1 is 1.18 bits per heavy atom. The van der Waals surface area contributed by atoms with Gasteiger partial charge in [0, 0.05) is 43.4 Å². The van der Waals surface area contributed by atoms with E-state index in [9.17, 15) is 28.3 Å². The fraction of sp³-hybridized carbons (Fsp3) is 0.371. The molecule has 0 radical (unpaired) electrons. The van der Waals surface area contributed by atoms with Crippen LogP contribution < -0.4 is 9.64 Å². The highest BCUT2D eigenvalue weighted by Crippen LogP contribution is 2.45. The van der Waals surface area contributed by atoms with E-state index in [1.54, 1.807) is 17.0 Å². The van der Waals surface area contributed by atoms with E-state index in [1.807, 2.05) is 6.07 Å². The third-order valence-electron chi connectivity index (χ3n) is 9.91. The van der Waals surface area contributed by atoms with Gasteiger partial charge in [-0.25, -0.2) is 17.6 Å². The number of hydrogen-bond acceptors (Lipinski definition) is 8. The molecule has 1 N–H and O–H groups in total. The number of aromatic hydroxyl groups is 1. The second-order valence-corrected chi connectivity index (χ2v) is 13.2. The lowest BCUT2D eigenvalue weighted by Gasteiger charge is -2.41. The summed E-state index contributed by atoms with van der Waals surface area (Å²) in [6.45, 7) is 4.31. The number of piperazine rings is 1. The molecule has 4 heterocycles. The molecule has 0 bridgehead atoms. The first kappa shape index (κ1) is 32.9. The Balaban J connectivity index is 1.36. The molecule has 7 rings (SSSR count). The maximum Gasteiger partial charge on any atom is 0.319 e. The van der Waals surface area contributed by atoms with Crippen molar-refractivity contribution in [3.63, 3.8) is 0 Å². The van der Waals surface area contributed by atoms with Crippen LogP contribution in [0.25, 0.3) is 32.8 Å². The number of phenolic OH excluding ortho intramolecular Hbond substituents is 1. The van der Waals surface area contributed by atoms with Crippen LogP contribution >= 0.6 is 11.6 Å². The lowest BCUT2D eigenvalue weighted by molar-refractivity contribution is -0.131. The summed E-state index contributed by atoms with van der Waals surface area (Å²) in [4.78, 5) is 26.6. The van der Waals surface area contributed by atoms with Crippen molar-refractivity contribution >= 4 is 45.0 Å². The molecule has 1 aromatic heterocycles. The van der Waals surface area contributed by atoms with Gasteiger partial charge in [-0.1, -0.05) is 42.4 Å². The zero-order valence-electron chi connectivity index (χ0n) is 26.2. The number of hydrogen-bond donors (Lipinski definition) is 1. The number of fused-ring (bicyclic) bond motifs is 3. The first-order valence-corrected chi connectivity index (χ1v) is 16.3. The predicted octanol–water partition coefficient (Wildman–Crippen LogP) is 6.46. The predicted molar refractivity (Wildman–Crippen MR) is 176 cm³/mol. The van der Waals surface area contributed by atoms with Gasteiger partial charge in [-0.05, 0) is 42.5 Å². The average Bonchev–Trinajstić information content (AvgIpc) is 3.61. The van der Waals surface area contributed by atoms with E-state index in [4.69, 9.17) is 16.3 Å². The summed E-state index contributed by atoms with van der Waals surface area (Å²) in [5, 5.41) is 21.4.